The largest absolute Gasteiger partial charge is 0.490 e. The topological polar surface area (TPSA) is 44.8 Å². The lowest BCUT2D eigenvalue weighted by atomic mass is 10.0. The molecular weight excluding hydrogens is 347 g/mol. The molecule has 0 fully saturated rings. The van der Waals surface area contributed by atoms with Crippen molar-refractivity contribution in [2.75, 3.05) is 14.2 Å². The molecule has 2 aromatic rings. The van der Waals surface area contributed by atoms with Crippen molar-refractivity contribution in [3.8, 4) is 16.9 Å². The summed E-state index contributed by atoms with van der Waals surface area (Å²) in [6.07, 6.45) is 0.907. The lowest BCUT2D eigenvalue weighted by Crippen LogP contribution is -2.20. The van der Waals surface area contributed by atoms with Crippen molar-refractivity contribution in [2.24, 2.45) is 5.92 Å². The minimum absolute atomic E-state index is 0.00105. The molecule has 2 aromatic carbocycles. The van der Waals surface area contributed by atoms with E-state index in [0.717, 1.165) is 17.5 Å². The van der Waals surface area contributed by atoms with E-state index >= 15 is 0 Å². The fourth-order valence-corrected chi connectivity index (χ4v) is 4.19. The first-order valence-corrected chi connectivity index (χ1v) is 10.4. The summed E-state index contributed by atoms with van der Waals surface area (Å²) in [5.74, 6) is 1.05. The first-order valence-electron chi connectivity index (χ1n) is 8.89. The van der Waals surface area contributed by atoms with Gasteiger partial charge in [-0.05, 0) is 49.4 Å². The Labute approximate surface area is 157 Å². The van der Waals surface area contributed by atoms with Crippen molar-refractivity contribution in [1.82, 2.24) is 0 Å². The van der Waals surface area contributed by atoms with E-state index < -0.39 is 7.60 Å². The van der Waals surface area contributed by atoms with Crippen LogP contribution in [0.25, 0.3) is 11.1 Å². The van der Waals surface area contributed by atoms with Crippen molar-refractivity contribution in [2.45, 2.75) is 40.2 Å². The Morgan fingerprint density at radius 1 is 0.923 bits per heavy atom. The van der Waals surface area contributed by atoms with Crippen LogP contribution in [-0.4, -0.2) is 20.3 Å². The summed E-state index contributed by atoms with van der Waals surface area (Å²) >= 11 is 0. The van der Waals surface area contributed by atoms with Gasteiger partial charge in [0.1, 0.15) is 11.1 Å². The number of ether oxygens (including phenoxy) is 1. The molecule has 4 nitrogen and oxygen atoms in total. The number of hydrogen-bond donors (Lipinski definition) is 0. The third-order valence-corrected chi connectivity index (χ3v) is 6.15. The van der Waals surface area contributed by atoms with Crippen LogP contribution >= 0.6 is 7.60 Å². The molecule has 0 saturated carbocycles. The Hall–Kier alpha value is -1.61. The summed E-state index contributed by atoms with van der Waals surface area (Å²) in [6, 6.07) is 13.9. The summed E-state index contributed by atoms with van der Waals surface area (Å²) < 4.78 is 29.7. The summed E-state index contributed by atoms with van der Waals surface area (Å²) in [5.41, 5.74) is 3.17. The maximum atomic E-state index is 13.1. The Kier molecular flexibility index (Phi) is 7.05. The van der Waals surface area contributed by atoms with Gasteiger partial charge in [0, 0.05) is 14.2 Å². The summed E-state index contributed by atoms with van der Waals surface area (Å²) in [6.45, 7) is 8.36. The van der Waals surface area contributed by atoms with Crippen molar-refractivity contribution >= 4 is 12.9 Å². The van der Waals surface area contributed by atoms with E-state index in [1.54, 1.807) is 0 Å². The van der Waals surface area contributed by atoms with Gasteiger partial charge in [-0.2, -0.15) is 0 Å². The minimum Gasteiger partial charge on any atom is -0.490 e. The fourth-order valence-electron chi connectivity index (χ4n) is 2.96. The Morgan fingerprint density at radius 2 is 1.50 bits per heavy atom. The van der Waals surface area contributed by atoms with Crippen molar-refractivity contribution < 1.29 is 18.3 Å². The zero-order valence-electron chi connectivity index (χ0n) is 16.5. The molecule has 2 rings (SSSR count). The molecule has 0 bridgehead atoms. The number of benzene rings is 2. The second-order valence-electron chi connectivity index (χ2n) is 6.97. The smallest absolute Gasteiger partial charge is 0.364 e. The molecule has 0 amide bonds. The average molecular weight is 376 g/mol. The van der Waals surface area contributed by atoms with Crippen LogP contribution in [0.2, 0.25) is 0 Å². The van der Waals surface area contributed by atoms with Gasteiger partial charge in [-0.1, -0.05) is 49.7 Å². The monoisotopic (exact) mass is 376 g/mol. The lowest BCUT2D eigenvalue weighted by Gasteiger charge is -2.22. The third-order valence-electron chi connectivity index (χ3n) is 4.25. The highest BCUT2D eigenvalue weighted by Gasteiger charge is 2.30. The van der Waals surface area contributed by atoms with E-state index in [2.05, 4.69) is 26.0 Å². The molecule has 1 atom stereocenters. The van der Waals surface area contributed by atoms with Crippen molar-refractivity contribution in [3.05, 3.63) is 48.0 Å². The number of hydrogen-bond acceptors (Lipinski definition) is 4. The fraction of sp³-hybridized carbons (Fsp3) is 0.429. The van der Waals surface area contributed by atoms with Crippen molar-refractivity contribution in [3.63, 3.8) is 0 Å². The van der Waals surface area contributed by atoms with Gasteiger partial charge < -0.3 is 13.8 Å². The van der Waals surface area contributed by atoms with E-state index in [-0.39, 0.29) is 6.10 Å². The zero-order chi connectivity index (χ0) is 19.3. The molecule has 0 aliphatic heterocycles. The standard InChI is InChI=1S/C21H29O4P/c1-15(2)13-17(4)25-20-12-11-19(18-9-7-16(3)8-10-18)14-21(20)26(22,23-5)24-6/h7-12,14-15,17H,13H2,1-6H3. The molecule has 0 heterocycles. The van der Waals surface area contributed by atoms with Crippen LogP contribution < -0.4 is 10.0 Å². The predicted molar refractivity (Wildman–Crippen MR) is 107 cm³/mol. The highest BCUT2D eigenvalue weighted by molar-refractivity contribution is 7.62. The molecule has 1 unspecified atom stereocenters. The summed E-state index contributed by atoms with van der Waals surface area (Å²) in [7, 11) is -0.657. The summed E-state index contributed by atoms with van der Waals surface area (Å²) in [5, 5.41) is 0.455. The van der Waals surface area contributed by atoms with Crippen LogP contribution in [0.3, 0.4) is 0 Å². The van der Waals surface area contributed by atoms with Gasteiger partial charge in [0.15, 0.2) is 0 Å². The molecule has 0 saturated heterocycles. The van der Waals surface area contributed by atoms with E-state index in [9.17, 15) is 4.57 Å². The van der Waals surface area contributed by atoms with Gasteiger partial charge >= 0.3 is 7.60 Å². The molecule has 0 aromatic heterocycles. The van der Waals surface area contributed by atoms with Crippen molar-refractivity contribution in [1.29, 1.82) is 0 Å². The predicted octanol–water partition coefficient (Wildman–Crippen LogP) is 5.59. The Morgan fingerprint density at radius 3 is 2.04 bits per heavy atom. The lowest BCUT2D eigenvalue weighted by molar-refractivity contribution is 0.194. The van der Waals surface area contributed by atoms with E-state index in [0.29, 0.717) is 17.0 Å². The van der Waals surface area contributed by atoms with E-state index in [4.69, 9.17) is 13.8 Å². The molecule has 0 N–H and O–H groups in total. The van der Waals surface area contributed by atoms with Crippen LogP contribution in [0.4, 0.5) is 0 Å². The minimum atomic E-state index is -3.44. The van der Waals surface area contributed by atoms with Crippen LogP contribution in [-0.2, 0) is 13.6 Å². The quantitative estimate of drug-likeness (QED) is 0.564. The van der Waals surface area contributed by atoms with Crippen LogP contribution in [0, 0.1) is 12.8 Å². The van der Waals surface area contributed by atoms with E-state index in [1.165, 1.54) is 19.8 Å². The molecule has 0 aliphatic rings. The molecule has 142 valence electrons. The molecule has 5 heteroatoms. The number of rotatable bonds is 8. The first-order chi connectivity index (χ1) is 12.3. The second-order valence-corrected chi connectivity index (χ2v) is 9.18. The normalized spacial score (nSPS) is 13.0. The molecule has 26 heavy (non-hydrogen) atoms. The van der Waals surface area contributed by atoms with Gasteiger partial charge in [0.05, 0.1) is 6.10 Å². The van der Waals surface area contributed by atoms with E-state index in [1.807, 2.05) is 44.2 Å². The summed E-state index contributed by atoms with van der Waals surface area (Å²) in [4.78, 5) is 0. The SMILES string of the molecule is COP(=O)(OC)c1cc(-c2ccc(C)cc2)ccc1OC(C)CC(C)C. The maximum absolute atomic E-state index is 13.1. The maximum Gasteiger partial charge on any atom is 0.364 e. The average Bonchev–Trinajstić information content (AvgIpc) is 2.61. The van der Waals surface area contributed by atoms with Crippen LogP contribution in [0.15, 0.2) is 42.5 Å². The highest BCUT2D eigenvalue weighted by Crippen LogP contribution is 2.48. The third kappa shape index (κ3) is 4.97. The van der Waals surface area contributed by atoms with Gasteiger partial charge in [0.2, 0.25) is 0 Å². The van der Waals surface area contributed by atoms with Gasteiger partial charge in [-0.25, -0.2) is 0 Å². The molecule has 0 radical (unpaired) electrons. The highest BCUT2D eigenvalue weighted by atomic mass is 31.2. The molecular formula is C21H29O4P. The molecule has 0 aliphatic carbocycles. The molecule has 0 spiro atoms. The Balaban J connectivity index is 2.48. The first kappa shape index (κ1) is 20.7. The second kappa shape index (κ2) is 8.85. The van der Waals surface area contributed by atoms with Gasteiger partial charge in [0.25, 0.3) is 0 Å². The number of aryl methyl sites for hydroxylation is 1. The van der Waals surface area contributed by atoms with Gasteiger partial charge in [-0.3, -0.25) is 4.57 Å². The van der Waals surface area contributed by atoms with Crippen LogP contribution in [0.5, 0.6) is 5.75 Å². The zero-order valence-corrected chi connectivity index (χ0v) is 17.4. The Bertz CT molecular complexity index is 760. The van der Waals surface area contributed by atoms with Crippen LogP contribution in [0.1, 0.15) is 32.8 Å². The van der Waals surface area contributed by atoms with Gasteiger partial charge in [-0.15, -0.1) is 0 Å².